The van der Waals surface area contributed by atoms with Crippen LogP contribution in [-0.4, -0.2) is 60.1 Å². The number of hydrogen-bond donors (Lipinski definition) is 1. The third-order valence-electron chi connectivity index (χ3n) is 3.02. The Balaban J connectivity index is 2.35. The molecule has 0 saturated carbocycles. The van der Waals surface area contributed by atoms with Crippen LogP contribution < -0.4 is 0 Å². The maximum atomic E-state index is 10.8. The van der Waals surface area contributed by atoms with Crippen LogP contribution >= 0.6 is 0 Å². The fourth-order valence-electron chi connectivity index (χ4n) is 2.04. The Morgan fingerprint density at radius 3 is 2.62 bits per heavy atom. The molecule has 0 amide bonds. The molecule has 4 heteroatoms. The maximum Gasteiger partial charge on any atom is 0.307 e. The Hall–Kier alpha value is -0.870. The van der Waals surface area contributed by atoms with Crippen molar-refractivity contribution in [2.45, 2.75) is 13.3 Å². The number of carbonyl (C=O) groups is 1. The summed E-state index contributed by atoms with van der Waals surface area (Å²) in [4.78, 5) is 15.4. The SMILES string of the molecule is C=CCN1CCCN(CC(C)C(=O)O)CC1. The van der Waals surface area contributed by atoms with E-state index in [4.69, 9.17) is 5.11 Å². The third kappa shape index (κ3) is 4.33. The molecule has 1 heterocycles. The largest absolute Gasteiger partial charge is 0.481 e. The van der Waals surface area contributed by atoms with Gasteiger partial charge in [0.25, 0.3) is 0 Å². The molecule has 1 rings (SSSR count). The molecular formula is C12H22N2O2. The first-order valence-corrected chi connectivity index (χ1v) is 5.92. The van der Waals surface area contributed by atoms with Gasteiger partial charge in [-0.15, -0.1) is 6.58 Å². The third-order valence-corrected chi connectivity index (χ3v) is 3.02. The Kier molecular flexibility index (Phi) is 5.49. The van der Waals surface area contributed by atoms with Crippen molar-refractivity contribution >= 4 is 5.97 Å². The van der Waals surface area contributed by atoms with E-state index >= 15 is 0 Å². The molecule has 0 radical (unpaired) electrons. The van der Waals surface area contributed by atoms with E-state index < -0.39 is 5.97 Å². The molecule has 1 unspecified atom stereocenters. The highest BCUT2D eigenvalue weighted by atomic mass is 16.4. The summed E-state index contributed by atoms with van der Waals surface area (Å²) in [6.07, 6.45) is 3.04. The molecule has 0 spiro atoms. The summed E-state index contributed by atoms with van der Waals surface area (Å²) >= 11 is 0. The van der Waals surface area contributed by atoms with E-state index in [1.54, 1.807) is 6.92 Å². The van der Waals surface area contributed by atoms with Gasteiger partial charge in [0.2, 0.25) is 0 Å². The van der Waals surface area contributed by atoms with Crippen molar-refractivity contribution in [3.8, 4) is 0 Å². The van der Waals surface area contributed by atoms with Gasteiger partial charge in [-0.05, 0) is 19.5 Å². The van der Waals surface area contributed by atoms with Gasteiger partial charge in [-0.25, -0.2) is 0 Å². The number of carboxylic acid groups (broad SMARTS) is 1. The predicted molar refractivity (Wildman–Crippen MR) is 64.5 cm³/mol. The summed E-state index contributed by atoms with van der Waals surface area (Å²) in [5.74, 6) is -0.974. The summed E-state index contributed by atoms with van der Waals surface area (Å²) in [6, 6.07) is 0. The van der Waals surface area contributed by atoms with Gasteiger partial charge in [-0.2, -0.15) is 0 Å². The van der Waals surface area contributed by atoms with E-state index in [1.165, 1.54) is 0 Å². The zero-order chi connectivity index (χ0) is 12.0. The first-order chi connectivity index (χ1) is 7.63. The quantitative estimate of drug-likeness (QED) is 0.707. The topological polar surface area (TPSA) is 43.8 Å². The van der Waals surface area contributed by atoms with Gasteiger partial charge in [-0.3, -0.25) is 9.69 Å². The van der Waals surface area contributed by atoms with Gasteiger partial charge < -0.3 is 10.0 Å². The van der Waals surface area contributed by atoms with E-state index in [-0.39, 0.29) is 5.92 Å². The van der Waals surface area contributed by atoms with Crippen LogP contribution in [0.15, 0.2) is 12.7 Å². The van der Waals surface area contributed by atoms with Crippen LogP contribution in [0.4, 0.5) is 0 Å². The lowest BCUT2D eigenvalue weighted by atomic mass is 10.1. The highest BCUT2D eigenvalue weighted by Crippen LogP contribution is 2.06. The van der Waals surface area contributed by atoms with Crippen LogP contribution in [0.2, 0.25) is 0 Å². The minimum atomic E-state index is -0.702. The van der Waals surface area contributed by atoms with Crippen LogP contribution in [0.5, 0.6) is 0 Å². The summed E-state index contributed by atoms with van der Waals surface area (Å²) in [5, 5.41) is 8.87. The second-order valence-electron chi connectivity index (χ2n) is 4.48. The van der Waals surface area contributed by atoms with E-state index in [0.29, 0.717) is 6.54 Å². The van der Waals surface area contributed by atoms with Gasteiger partial charge >= 0.3 is 5.97 Å². The smallest absolute Gasteiger partial charge is 0.307 e. The van der Waals surface area contributed by atoms with Crippen LogP contribution in [-0.2, 0) is 4.79 Å². The molecule has 0 aliphatic carbocycles. The molecule has 0 aromatic rings. The van der Waals surface area contributed by atoms with Crippen molar-refractivity contribution in [2.24, 2.45) is 5.92 Å². The fourth-order valence-corrected chi connectivity index (χ4v) is 2.04. The minimum absolute atomic E-state index is 0.272. The van der Waals surface area contributed by atoms with E-state index in [9.17, 15) is 4.79 Å². The summed E-state index contributed by atoms with van der Waals surface area (Å²) in [6.45, 7) is 11.2. The molecule has 92 valence electrons. The second-order valence-corrected chi connectivity index (χ2v) is 4.48. The summed E-state index contributed by atoms with van der Waals surface area (Å²) in [7, 11) is 0. The zero-order valence-corrected chi connectivity index (χ0v) is 10.1. The van der Waals surface area contributed by atoms with Crippen molar-refractivity contribution in [3.63, 3.8) is 0 Å². The molecular weight excluding hydrogens is 204 g/mol. The van der Waals surface area contributed by atoms with Crippen molar-refractivity contribution < 1.29 is 9.90 Å². The number of carboxylic acids is 1. The average Bonchev–Trinajstić information content (AvgIpc) is 2.44. The molecule has 1 saturated heterocycles. The molecule has 0 aromatic carbocycles. The Morgan fingerprint density at radius 2 is 2.00 bits per heavy atom. The van der Waals surface area contributed by atoms with Crippen LogP contribution in [0, 0.1) is 5.92 Å². The first kappa shape index (κ1) is 13.2. The van der Waals surface area contributed by atoms with Crippen molar-refractivity contribution in [1.29, 1.82) is 0 Å². The van der Waals surface area contributed by atoms with Gasteiger partial charge in [0.05, 0.1) is 5.92 Å². The molecule has 1 atom stereocenters. The monoisotopic (exact) mass is 226 g/mol. The molecule has 0 aromatic heterocycles. The first-order valence-electron chi connectivity index (χ1n) is 5.92. The normalized spacial score (nSPS) is 21.3. The highest BCUT2D eigenvalue weighted by molar-refractivity contribution is 5.69. The lowest BCUT2D eigenvalue weighted by Crippen LogP contribution is -2.35. The van der Waals surface area contributed by atoms with Crippen molar-refractivity contribution in [2.75, 3.05) is 39.3 Å². The van der Waals surface area contributed by atoms with Gasteiger partial charge in [-0.1, -0.05) is 13.0 Å². The number of aliphatic carboxylic acids is 1. The lowest BCUT2D eigenvalue weighted by molar-refractivity contribution is -0.141. The van der Waals surface area contributed by atoms with Gasteiger partial charge in [0.1, 0.15) is 0 Å². The Morgan fingerprint density at radius 1 is 1.38 bits per heavy atom. The fraction of sp³-hybridized carbons (Fsp3) is 0.750. The molecule has 1 aliphatic rings. The molecule has 1 aliphatic heterocycles. The zero-order valence-electron chi connectivity index (χ0n) is 10.1. The van der Waals surface area contributed by atoms with Crippen LogP contribution in [0.1, 0.15) is 13.3 Å². The minimum Gasteiger partial charge on any atom is -0.481 e. The standard InChI is InChI=1S/C12H22N2O2/c1-3-5-13-6-4-7-14(9-8-13)10-11(2)12(15)16/h3,11H,1,4-10H2,2H3,(H,15,16). The number of rotatable bonds is 5. The van der Waals surface area contributed by atoms with E-state index in [0.717, 1.165) is 39.1 Å². The maximum absolute atomic E-state index is 10.8. The molecule has 0 bridgehead atoms. The average molecular weight is 226 g/mol. The second kappa shape index (κ2) is 6.66. The van der Waals surface area contributed by atoms with Crippen molar-refractivity contribution in [3.05, 3.63) is 12.7 Å². The van der Waals surface area contributed by atoms with Gasteiger partial charge in [0, 0.05) is 26.2 Å². The summed E-state index contributed by atoms with van der Waals surface area (Å²) < 4.78 is 0. The number of nitrogens with zero attached hydrogens (tertiary/aromatic N) is 2. The molecule has 4 nitrogen and oxygen atoms in total. The van der Waals surface area contributed by atoms with E-state index in [2.05, 4.69) is 16.4 Å². The lowest BCUT2D eigenvalue weighted by Gasteiger charge is -2.22. The number of hydrogen-bond acceptors (Lipinski definition) is 3. The van der Waals surface area contributed by atoms with Crippen LogP contribution in [0.25, 0.3) is 0 Å². The van der Waals surface area contributed by atoms with Crippen LogP contribution in [0.3, 0.4) is 0 Å². The molecule has 1 fully saturated rings. The molecule has 16 heavy (non-hydrogen) atoms. The Bertz CT molecular complexity index is 243. The Labute approximate surface area is 97.5 Å². The highest BCUT2D eigenvalue weighted by Gasteiger charge is 2.18. The molecule has 1 N–H and O–H groups in total. The van der Waals surface area contributed by atoms with Gasteiger partial charge in [0.15, 0.2) is 0 Å². The van der Waals surface area contributed by atoms with E-state index in [1.807, 2.05) is 6.08 Å². The summed E-state index contributed by atoms with van der Waals surface area (Å²) in [5.41, 5.74) is 0. The van der Waals surface area contributed by atoms with Crippen molar-refractivity contribution in [1.82, 2.24) is 9.80 Å². The predicted octanol–water partition coefficient (Wildman–Crippen LogP) is 0.901.